The van der Waals surface area contributed by atoms with Gasteiger partial charge in [-0.3, -0.25) is 0 Å². The number of rotatable bonds is 5. The third kappa shape index (κ3) is 4.98. The molecule has 0 saturated carbocycles. The van der Waals surface area contributed by atoms with Gasteiger partial charge in [0.1, 0.15) is 0 Å². The van der Waals surface area contributed by atoms with Crippen molar-refractivity contribution in [3.63, 3.8) is 0 Å². The fourth-order valence-electron chi connectivity index (χ4n) is 2.99. The van der Waals surface area contributed by atoms with Gasteiger partial charge in [0.2, 0.25) is 0 Å². The van der Waals surface area contributed by atoms with Gasteiger partial charge in [0.15, 0.2) is 0 Å². The van der Waals surface area contributed by atoms with E-state index >= 15 is 0 Å². The summed E-state index contributed by atoms with van der Waals surface area (Å²) in [6.07, 6.45) is 10.1. The number of benzene rings is 1. The molecule has 5 nitrogen and oxygen atoms in total. The number of thiocarbonyl (C=S) groups is 1. The van der Waals surface area contributed by atoms with Crippen LogP contribution >= 0.6 is 12.2 Å². The SMILES string of the molecule is CC1=C(CC#N)CC(=C2C=CC(=S)C=C2NOS(=O)(=O)c2ccc(C)cc2)C=C1. The molecule has 0 atom stereocenters. The van der Waals surface area contributed by atoms with Crippen molar-refractivity contribution >= 4 is 27.2 Å². The average Bonchev–Trinajstić information content (AvgIpc) is 2.69. The monoisotopic (exact) mass is 424 g/mol. The Morgan fingerprint density at radius 1 is 1.14 bits per heavy atom. The lowest BCUT2D eigenvalue weighted by Gasteiger charge is -2.21. The van der Waals surface area contributed by atoms with Gasteiger partial charge >= 0.3 is 10.1 Å². The predicted molar refractivity (Wildman–Crippen MR) is 116 cm³/mol. The molecule has 0 amide bonds. The molecule has 7 heteroatoms. The van der Waals surface area contributed by atoms with Gasteiger partial charge in [-0.1, -0.05) is 53.7 Å². The number of hydrogen-bond acceptors (Lipinski definition) is 6. The Labute approximate surface area is 176 Å². The van der Waals surface area contributed by atoms with Crippen molar-refractivity contribution in [3.05, 3.63) is 88.2 Å². The maximum absolute atomic E-state index is 12.5. The van der Waals surface area contributed by atoms with E-state index in [-0.39, 0.29) is 4.90 Å². The molecule has 2 aliphatic rings. The lowest BCUT2D eigenvalue weighted by Crippen LogP contribution is -2.23. The summed E-state index contributed by atoms with van der Waals surface area (Å²) in [4.78, 5) is 0.615. The summed E-state index contributed by atoms with van der Waals surface area (Å²) in [6.45, 7) is 3.85. The summed E-state index contributed by atoms with van der Waals surface area (Å²) in [6, 6.07) is 8.60. The minimum Gasteiger partial charge on any atom is -0.248 e. The Balaban J connectivity index is 1.86. The van der Waals surface area contributed by atoms with E-state index < -0.39 is 10.1 Å². The molecule has 1 aromatic carbocycles. The highest BCUT2D eigenvalue weighted by Gasteiger charge is 2.20. The summed E-state index contributed by atoms with van der Waals surface area (Å²) in [5, 5.41) is 9.05. The van der Waals surface area contributed by atoms with Crippen LogP contribution in [0.25, 0.3) is 0 Å². The largest absolute Gasteiger partial charge is 0.317 e. The van der Waals surface area contributed by atoms with Gasteiger partial charge in [-0.05, 0) is 55.7 Å². The zero-order valence-corrected chi connectivity index (χ0v) is 17.7. The van der Waals surface area contributed by atoms with Crippen molar-refractivity contribution in [2.24, 2.45) is 0 Å². The third-order valence-electron chi connectivity index (χ3n) is 4.70. The van der Waals surface area contributed by atoms with Gasteiger partial charge < -0.3 is 0 Å². The number of nitrogens with zero attached hydrogens (tertiary/aromatic N) is 1. The molecule has 0 radical (unpaired) electrons. The lowest BCUT2D eigenvalue weighted by atomic mass is 9.88. The maximum atomic E-state index is 12.5. The van der Waals surface area contributed by atoms with E-state index in [0.717, 1.165) is 27.9 Å². The Morgan fingerprint density at radius 2 is 1.86 bits per heavy atom. The molecule has 0 unspecified atom stereocenters. The van der Waals surface area contributed by atoms with Crippen molar-refractivity contribution in [3.8, 4) is 6.07 Å². The van der Waals surface area contributed by atoms with Crippen LogP contribution < -0.4 is 5.48 Å². The van der Waals surface area contributed by atoms with Crippen LogP contribution in [0, 0.1) is 18.3 Å². The van der Waals surface area contributed by atoms with Crippen LogP contribution in [0.2, 0.25) is 0 Å². The minimum atomic E-state index is -3.99. The van der Waals surface area contributed by atoms with E-state index in [9.17, 15) is 8.42 Å². The van der Waals surface area contributed by atoms with E-state index in [1.807, 2.05) is 32.1 Å². The van der Waals surface area contributed by atoms with Crippen LogP contribution in [0.4, 0.5) is 0 Å². The van der Waals surface area contributed by atoms with Gasteiger partial charge in [-0.15, -0.1) is 4.28 Å². The van der Waals surface area contributed by atoms with E-state index in [2.05, 4.69) is 11.5 Å². The summed E-state index contributed by atoms with van der Waals surface area (Å²) in [5.41, 5.74) is 7.82. The Kier molecular flexibility index (Phi) is 6.28. The fourth-order valence-corrected chi connectivity index (χ4v) is 3.95. The first-order valence-electron chi connectivity index (χ1n) is 8.97. The molecule has 0 aromatic heterocycles. The number of nitriles is 1. The number of allylic oxidation sites excluding steroid dienone is 8. The molecule has 1 N–H and O–H groups in total. The molecular weight excluding hydrogens is 404 g/mol. The zero-order chi connectivity index (χ0) is 21.0. The van der Waals surface area contributed by atoms with Crippen LogP contribution in [0.3, 0.4) is 0 Å². The van der Waals surface area contributed by atoms with Crippen LogP contribution in [-0.2, 0) is 14.4 Å². The number of hydroxylamine groups is 1. The van der Waals surface area contributed by atoms with Gasteiger partial charge in [-0.25, -0.2) is 5.48 Å². The summed E-state index contributed by atoms with van der Waals surface area (Å²) >= 11 is 5.23. The Hall–Kier alpha value is -2.79. The van der Waals surface area contributed by atoms with Gasteiger partial charge in [-0.2, -0.15) is 13.7 Å². The second-order valence-corrected chi connectivity index (χ2v) is 8.83. The highest BCUT2D eigenvalue weighted by Crippen LogP contribution is 2.31. The van der Waals surface area contributed by atoms with E-state index in [1.165, 1.54) is 12.1 Å². The van der Waals surface area contributed by atoms with E-state index in [4.69, 9.17) is 21.8 Å². The molecule has 29 heavy (non-hydrogen) atoms. The lowest BCUT2D eigenvalue weighted by molar-refractivity contribution is 0.239. The third-order valence-corrected chi connectivity index (χ3v) is 6.10. The molecular formula is C22H20N2O3S2. The van der Waals surface area contributed by atoms with Crippen LogP contribution in [-0.4, -0.2) is 13.3 Å². The van der Waals surface area contributed by atoms with Crippen molar-refractivity contribution in [2.75, 3.05) is 0 Å². The quantitative estimate of drug-likeness (QED) is 0.553. The Morgan fingerprint density at radius 3 is 2.55 bits per heavy atom. The number of aryl methyl sites for hydroxylation is 1. The number of nitrogens with one attached hydrogen (secondary N) is 1. The van der Waals surface area contributed by atoms with Crippen molar-refractivity contribution in [2.45, 2.75) is 31.6 Å². The molecule has 0 bridgehead atoms. The molecule has 0 spiro atoms. The van der Waals surface area contributed by atoms with Gasteiger partial charge in [0.05, 0.1) is 23.1 Å². The molecule has 0 heterocycles. The topological polar surface area (TPSA) is 79.2 Å². The molecule has 2 aliphatic carbocycles. The van der Waals surface area contributed by atoms with E-state index in [1.54, 1.807) is 24.3 Å². The second kappa shape index (κ2) is 8.70. The van der Waals surface area contributed by atoms with Gasteiger partial charge in [0.25, 0.3) is 0 Å². The summed E-state index contributed by atoms with van der Waals surface area (Å²) < 4.78 is 30.1. The summed E-state index contributed by atoms with van der Waals surface area (Å²) in [5.74, 6) is 0. The molecule has 3 rings (SSSR count). The Bertz CT molecular complexity index is 1140. The second-order valence-electron chi connectivity index (χ2n) is 6.82. The van der Waals surface area contributed by atoms with Gasteiger partial charge in [0, 0.05) is 10.4 Å². The van der Waals surface area contributed by atoms with Crippen LogP contribution in [0.1, 0.15) is 25.3 Å². The first-order chi connectivity index (χ1) is 13.8. The van der Waals surface area contributed by atoms with Crippen molar-refractivity contribution in [1.29, 1.82) is 5.26 Å². The van der Waals surface area contributed by atoms with E-state index in [0.29, 0.717) is 23.4 Å². The smallest absolute Gasteiger partial charge is 0.248 e. The molecule has 1 aromatic rings. The van der Waals surface area contributed by atoms with Crippen LogP contribution in [0.5, 0.6) is 0 Å². The number of hydrogen-bond donors (Lipinski definition) is 1. The van der Waals surface area contributed by atoms with Crippen molar-refractivity contribution in [1.82, 2.24) is 5.48 Å². The molecule has 148 valence electrons. The normalized spacial score (nSPS) is 19.2. The average molecular weight is 425 g/mol. The van der Waals surface area contributed by atoms with Crippen LogP contribution in [0.15, 0.2) is 87.5 Å². The predicted octanol–water partition coefficient (Wildman–Crippen LogP) is 4.52. The molecule has 0 fully saturated rings. The van der Waals surface area contributed by atoms with Crippen molar-refractivity contribution < 1.29 is 12.7 Å². The molecule has 0 aliphatic heterocycles. The zero-order valence-electron chi connectivity index (χ0n) is 16.1. The first-order valence-corrected chi connectivity index (χ1v) is 10.8. The minimum absolute atomic E-state index is 0.0618. The highest BCUT2D eigenvalue weighted by molar-refractivity contribution is 7.86. The first kappa shape index (κ1) is 20.9. The summed E-state index contributed by atoms with van der Waals surface area (Å²) in [7, 11) is -3.99. The maximum Gasteiger partial charge on any atom is 0.317 e. The highest BCUT2D eigenvalue weighted by atomic mass is 32.2. The molecule has 0 saturated heterocycles. The fraction of sp³-hybridized carbons (Fsp3) is 0.182. The standard InChI is InChI=1S/C22H20N2O3S2/c1-15-3-8-20(9-4-15)29(25,26)27-24-22-14-19(28)7-10-21(22)18-6-5-16(2)17(13-18)11-12-23/h3-10,14,24H,11,13H2,1-2H3.